The molecule has 0 radical (unpaired) electrons. The van der Waals surface area contributed by atoms with Gasteiger partial charge in [0, 0.05) is 19.8 Å². The number of anilines is 1. The second-order valence-corrected chi connectivity index (χ2v) is 7.36. The maximum absolute atomic E-state index is 12.0. The summed E-state index contributed by atoms with van der Waals surface area (Å²) in [7, 11) is -1.33. The van der Waals surface area contributed by atoms with E-state index >= 15 is 0 Å². The average Bonchev–Trinajstić information content (AvgIpc) is 2.54. The molecule has 24 heavy (non-hydrogen) atoms. The Morgan fingerprint density at radius 3 is 2.58 bits per heavy atom. The lowest BCUT2D eigenvalue weighted by Crippen LogP contribution is -2.25. The smallest absolute Gasteiger partial charge is 0.334 e. The van der Waals surface area contributed by atoms with E-state index in [4.69, 9.17) is 4.74 Å². The van der Waals surface area contributed by atoms with Crippen molar-refractivity contribution in [1.82, 2.24) is 4.98 Å². The molecule has 0 fully saturated rings. The van der Waals surface area contributed by atoms with E-state index < -0.39 is 13.3 Å². The number of benzene rings is 1. The normalized spacial score (nSPS) is 12.7. The Hall–Kier alpha value is -2.08. The first-order valence-electron chi connectivity index (χ1n) is 7.29. The zero-order chi connectivity index (χ0) is 17.9. The van der Waals surface area contributed by atoms with E-state index in [1.807, 2.05) is 0 Å². The summed E-state index contributed by atoms with van der Waals surface area (Å²) in [6.45, 7) is 1.72. The molecule has 3 N–H and O–H groups in total. The predicted molar refractivity (Wildman–Crippen MR) is 91.7 cm³/mol. The van der Waals surface area contributed by atoms with Gasteiger partial charge in [0.15, 0.2) is 11.5 Å². The highest BCUT2D eigenvalue weighted by molar-refractivity contribution is 7.52. The second kappa shape index (κ2) is 7.21. The van der Waals surface area contributed by atoms with E-state index in [1.54, 1.807) is 49.3 Å². The molecule has 2 rings (SSSR count). The van der Waals surface area contributed by atoms with Crippen molar-refractivity contribution in [3.05, 3.63) is 47.7 Å². The third-order valence-electron chi connectivity index (χ3n) is 3.79. The van der Waals surface area contributed by atoms with Crippen LogP contribution in [0.5, 0.6) is 11.5 Å². The third kappa shape index (κ3) is 4.06. The molecular weight excluding hydrogens is 331 g/mol. The van der Waals surface area contributed by atoms with Crippen LogP contribution in [0, 0.1) is 6.92 Å². The number of ether oxygens (including phenoxy) is 1. The first-order chi connectivity index (χ1) is 11.2. The number of aromatic hydroxyl groups is 1. The van der Waals surface area contributed by atoms with Gasteiger partial charge in [-0.05, 0) is 36.2 Å². The summed E-state index contributed by atoms with van der Waals surface area (Å²) < 4.78 is 17.1. The van der Waals surface area contributed by atoms with Gasteiger partial charge in [0.05, 0.1) is 7.11 Å². The zero-order valence-electron chi connectivity index (χ0n) is 13.7. The van der Waals surface area contributed by atoms with Gasteiger partial charge in [0.2, 0.25) is 0 Å². The van der Waals surface area contributed by atoms with Gasteiger partial charge in [-0.3, -0.25) is 4.57 Å². The number of methoxy groups -OCH3 is 1. The minimum atomic E-state index is -4.44. The van der Waals surface area contributed by atoms with Gasteiger partial charge in [-0.1, -0.05) is 12.1 Å². The molecule has 0 aliphatic heterocycles. The molecule has 7 nitrogen and oxygen atoms in total. The van der Waals surface area contributed by atoms with Crippen molar-refractivity contribution in [1.29, 1.82) is 0 Å². The Kier molecular flexibility index (Phi) is 5.49. The molecule has 0 aliphatic rings. The van der Waals surface area contributed by atoms with Gasteiger partial charge in [-0.15, -0.1) is 0 Å². The van der Waals surface area contributed by atoms with Crippen LogP contribution in [0.15, 0.2) is 36.5 Å². The van der Waals surface area contributed by atoms with Crippen LogP contribution in [-0.2, 0) is 4.57 Å². The Labute approximate surface area is 140 Å². The van der Waals surface area contributed by atoms with E-state index in [1.165, 1.54) is 13.2 Å². The standard InChI is InChI=1S/C16H21N2O5P/c1-11-8-12(9-13(23-3)16(11)19)14(24(20,21)22)10-18(2)15-6-4-5-7-17-15/h4-9,14,19H,10H2,1-3H3,(H2,20,21,22). The summed E-state index contributed by atoms with van der Waals surface area (Å²) in [6, 6.07) is 8.36. The summed E-state index contributed by atoms with van der Waals surface area (Å²) in [5, 5.41) is 9.93. The number of hydrogen-bond donors (Lipinski definition) is 3. The van der Waals surface area contributed by atoms with E-state index in [2.05, 4.69) is 4.98 Å². The Morgan fingerprint density at radius 2 is 2.04 bits per heavy atom. The van der Waals surface area contributed by atoms with Crippen molar-refractivity contribution in [2.75, 3.05) is 25.6 Å². The van der Waals surface area contributed by atoms with Gasteiger partial charge in [-0.2, -0.15) is 0 Å². The molecular formula is C16H21N2O5P. The zero-order valence-corrected chi connectivity index (χ0v) is 14.6. The molecule has 2 aromatic rings. The highest BCUT2D eigenvalue weighted by Gasteiger charge is 2.33. The molecule has 1 aromatic carbocycles. The van der Waals surface area contributed by atoms with Gasteiger partial charge in [-0.25, -0.2) is 4.98 Å². The van der Waals surface area contributed by atoms with Crippen molar-refractivity contribution >= 4 is 13.4 Å². The largest absolute Gasteiger partial charge is 0.504 e. The Balaban J connectivity index is 2.40. The number of likely N-dealkylation sites (N-methyl/N-ethyl adjacent to an activating group) is 1. The predicted octanol–water partition coefficient (Wildman–Crippen LogP) is 2.46. The monoisotopic (exact) mass is 352 g/mol. The molecule has 0 amide bonds. The number of nitrogens with zero attached hydrogens (tertiary/aromatic N) is 2. The maximum Gasteiger partial charge on any atom is 0.334 e. The Bertz CT molecular complexity index is 748. The highest BCUT2D eigenvalue weighted by Crippen LogP contribution is 2.53. The fourth-order valence-corrected chi connectivity index (χ4v) is 3.46. The quantitative estimate of drug-likeness (QED) is 0.686. The summed E-state index contributed by atoms with van der Waals surface area (Å²) >= 11 is 0. The van der Waals surface area contributed by atoms with Gasteiger partial charge in [0.1, 0.15) is 11.5 Å². The van der Waals surface area contributed by atoms with E-state index in [0.717, 1.165) is 0 Å². The average molecular weight is 352 g/mol. The lowest BCUT2D eigenvalue weighted by atomic mass is 10.1. The van der Waals surface area contributed by atoms with E-state index in [9.17, 15) is 19.5 Å². The summed E-state index contributed by atoms with van der Waals surface area (Å²) in [5.74, 6) is 0.756. The summed E-state index contributed by atoms with van der Waals surface area (Å²) in [4.78, 5) is 25.5. The number of aromatic nitrogens is 1. The Morgan fingerprint density at radius 1 is 1.33 bits per heavy atom. The molecule has 8 heteroatoms. The second-order valence-electron chi connectivity index (χ2n) is 5.56. The van der Waals surface area contributed by atoms with E-state index in [0.29, 0.717) is 16.9 Å². The maximum atomic E-state index is 12.0. The molecule has 1 atom stereocenters. The third-order valence-corrected chi connectivity index (χ3v) is 5.06. The fourth-order valence-electron chi connectivity index (χ4n) is 2.46. The first kappa shape index (κ1) is 18.3. The van der Waals surface area contributed by atoms with Gasteiger partial charge >= 0.3 is 7.60 Å². The topological polar surface area (TPSA) is 103 Å². The number of pyridine rings is 1. The number of rotatable bonds is 6. The van der Waals surface area contributed by atoms with Crippen LogP contribution in [0.2, 0.25) is 0 Å². The minimum absolute atomic E-state index is 0.0382. The van der Waals surface area contributed by atoms with Crippen molar-refractivity contribution < 1.29 is 24.2 Å². The van der Waals surface area contributed by atoms with Crippen LogP contribution in [0.1, 0.15) is 16.8 Å². The number of phenolic OH excluding ortho intramolecular Hbond substituents is 1. The molecule has 130 valence electrons. The van der Waals surface area contributed by atoms with Crippen molar-refractivity contribution in [2.45, 2.75) is 12.6 Å². The van der Waals surface area contributed by atoms with Crippen LogP contribution in [0.25, 0.3) is 0 Å². The van der Waals surface area contributed by atoms with Crippen LogP contribution in [0.4, 0.5) is 5.82 Å². The molecule has 1 aromatic heterocycles. The molecule has 0 spiro atoms. The lowest BCUT2D eigenvalue weighted by Gasteiger charge is -2.26. The molecule has 0 aliphatic carbocycles. The van der Waals surface area contributed by atoms with Gasteiger partial charge < -0.3 is 24.5 Å². The number of phenols is 1. The van der Waals surface area contributed by atoms with Crippen LogP contribution < -0.4 is 9.64 Å². The molecule has 0 bridgehead atoms. The van der Waals surface area contributed by atoms with Crippen molar-refractivity contribution in [3.8, 4) is 11.5 Å². The van der Waals surface area contributed by atoms with Crippen molar-refractivity contribution in [3.63, 3.8) is 0 Å². The van der Waals surface area contributed by atoms with Crippen LogP contribution in [0.3, 0.4) is 0 Å². The molecule has 0 saturated carbocycles. The summed E-state index contributed by atoms with van der Waals surface area (Å²) in [5.41, 5.74) is -0.181. The molecule has 1 unspecified atom stereocenters. The molecule has 0 saturated heterocycles. The minimum Gasteiger partial charge on any atom is -0.504 e. The number of aryl methyl sites for hydroxylation is 1. The van der Waals surface area contributed by atoms with Crippen LogP contribution >= 0.6 is 7.60 Å². The van der Waals surface area contributed by atoms with Gasteiger partial charge in [0.25, 0.3) is 0 Å². The van der Waals surface area contributed by atoms with E-state index in [-0.39, 0.29) is 18.0 Å². The highest BCUT2D eigenvalue weighted by atomic mass is 31.2. The van der Waals surface area contributed by atoms with Crippen LogP contribution in [-0.4, -0.2) is 40.6 Å². The number of hydrogen-bond acceptors (Lipinski definition) is 5. The summed E-state index contributed by atoms with van der Waals surface area (Å²) in [6.07, 6.45) is 1.62. The molecule has 1 heterocycles. The van der Waals surface area contributed by atoms with Crippen molar-refractivity contribution in [2.24, 2.45) is 0 Å². The fraction of sp³-hybridized carbons (Fsp3) is 0.312. The lowest BCUT2D eigenvalue weighted by molar-refractivity contribution is 0.356. The first-order valence-corrected chi connectivity index (χ1v) is 8.97. The SMILES string of the molecule is COc1cc(C(CN(C)c2ccccn2)P(=O)(O)O)cc(C)c1O.